The van der Waals surface area contributed by atoms with E-state index in [0.717, 1.165) is 62.3 Å². The van der Waals surface area contributed by atoms with E-state index in [4.69, 9.17) is 35.2 Å². The molecule has 3 aliphatic heterocycles. The smallest absolute Gasteiger partial charge is 0.357 e. The second-order valence-electron chi connectivity index (χ2n) is 11.7. The van der Waals surface area contributed by atoms with Crippen LogP contribution in [0.25, 0.3) is 11.6 Å². The van der Waals surface area contributed by atoms with Crippen molar-refractivity contribution in [1.82, 2.24) is 19.4 Å². The Labute approximate surface area is 258 Å². The first kappa shape index (κ1) is 28.8. The average Bonchev–Trinajstić information content (AvgIpc) is 3.66. The maximum absolute atomic E-state index is 14.8. The number of ether oxygens (including phenoxy) is 3. The Kier molecular flexibility index (Phi) is 7.34. The van der Waals surface area contributed by atoms with Crippen LogP contribution in [0.15, 0.2) is 47.1 Å². The van der Waals surface area contributed by atoms with Crippen molar-refractivity contribution >= 4 is 17.6 Å². The number of fused-ring (bicyclic) bond motifs is 1. The highest BCUT2D eigenvalue weighted by Gasteiger charge is 2.43. The second kappa shape index (κ2) is 11.2. The first-order valence-electron chi connectivity index (χ1n) is 14.7. The molecule has 2 aromatic carbocycles. The van der Waals surface area contributed by atoms with E-state index in [1.807, 2.05) is 19.1 Å². The number of carboxylic acids is 1. The average molecular weight is 623 g/mol. The summed E-state index contributed by atoms with van der Waals surface area (Å²) in [5.74, 6) is -0.316. The number of benzene rings is 2. The normalized spacial score (nSPS) is 21.9. The van der Waals surface area contributed by atoms with Gasteiger partial charge in [0, 0.05) is 24.1 Å². The summed E-state index contributed by atoms with van der Waals surface area (Å²) < 4.78 is 40.7. The van der Waals surface area contributed by atoms with Crippen LogP contribution in [0.4, 0.5) is 4.39 Å². The first-order chi connectivity index (χ1) is 21.2. The highest BCUT2D eigenvalue weighted by atomic mass is 35.5. The lowest BCUT2D eigenvalue weighted by atomic mass is 9.88. The molecule has 2 aromatic heterocycles. The van der Waals surface area contributed by atoms with E-state index in [2.05, 4.69) is 20.5 Å². The Hall–Kier alpha value is -3.93. The maximum Gasteiger partial charge on any atom is 0.357 e. The molecule has 2 fully saturated rings. The number of aryl methyl sites for hydroxylation is 1. The van der Waals surface area contributed by atoms with Gasteiger partial charge in [0.1, 0.15) is 23.6 Å². The topological polar surface area (TPSA) is 112 Å². The predicted molar refractivity (Wildman–Crippen MR) is 157 cm³/mol. The SMILES string of the molecule is Cc1nc(CN2CCC(c3cccc4c3O[C@@](C)(c3ccc(Cl)cc3F)O4)CC2)n(C[C@@H]2CCO2)c1-c1nc(C(=O)O)co1. The summed E-state index contributed by atoms with van der Waals surface area (Å²) in [6, 6.07) is 10.4. The van der Waals surface area contributed by atoms with Crippen molar-refractivity contribution in [3.05, 3.63) is 81.8 Å². The van der Waals surface area contributed by atoms with Crippen LogP contribution in [-0.4, -0.2) is 56.3 Å². The van der Waals surface area contributed by atoms with Crippen LogP contribution in [0.2, 0.25) is 5.02 Å². The van der Waals surface area contributed by atoms with E-state index in [1.54, 1.807) is 19.1 Å². The van der Waals surface area contributed by atoms with Gasteiger partial charge in [-0.1, -0.05) is 23.7 Å². The molecule has 1 N–H and O–H groups in total. The fourth-order valence-corrected chi connectivity index (χ4v) is 6.53. The molecule has 4 aromatic rings. The number of aromatic nitrogens is 3. The zero-order valence-electron chi connectivity index (χ0n) is 24.4. The summed E-state index contributed by atoms with van der Waals surface area (Å²) in [6.07, 6.45) is 3.96. The van der Waals surface area contributed by atoms with Crippen LogP contribution in [0.5, 0.6) is 11.5 Å². The zero-order valence-corrected chi connectivity index (χ0v) is 25.1. The minimum Gasteiger partial charge on any atom is -0.476 e. The molecule has 0 spiro atoms. The number of carbonyl (C=O) groups is 1. The Morgan fingerprint density at radius 2 is 1.95 bits per heavy atom. The number of imidazole rings is 1. The van der Waals surface area contributed by atoms with E-state index >= 15 is 0 Å². The lowest BCUT2D eigenvalue weighted by Crippen LogP contribution is -2.35. The van der Waals surface area contributed by atoms with Gasteiger partial charge in [0.25, 0.3) is 5.79 Å². The fourth-order valence-electron chi connectivity index (χ4n) is 6.37. The summed E-state index contributed by atoms with van der Waals surface area (Å²) in [7, 11) is 0. The summed E-state index contributed by atoms with van der Waals surface area (Å²) in [5.41, 5.74) is 2.61. The van der Waals surface area contributed by atoms with Gasteiger partial charge >= 0.3 is 5.97 Å². The molecule has 0 unspecified atom stereocenters. The van der Waals surface area contributed by atoms with E-state index < -0.39 is 17.6 Å². The number of likely N-dealkylation sites (tertiary alicyclic amines) is 1. The number of halogens is 2. The van der Waals surface area contributed by atoms with E-state index in [1.165, 1.54) is 6.07 Å². The van der Waals surface area contributed by atoms with Crippen LogP contribution in [0.1, 0.15) is 65.2 Å². The molecule has 0 bridgehead atoms. The van der Waals surface area contributed by atoms with E-state index in [9.17, 15) is 14.3 Å². The molecule has 12 heteroatoms. The minimum absolute atomic E-state index is 0.0650. The zero-order chi connectivity index (χ0) is 30.6. The van der Waals surface area contributed by atoms with Gasteiger partial charge in [-0.25, -0.2) is 19.2 Å². The van der Waals surface area contributed by atoms with Gasteiger partial charge in [-0.3, -0.25) is 4.90 Å². The number of hydrogen-bond acceptors (Lipinski definition) is 8. The molecule has 0 saturated carbocycles. The summed E-state index contributed by atoms with van der Waals surface area (Å²) >= 11 is 5.97. The lowest BCUT2D eigenvalue weighted by molar-refractivity contribution is -0.0712. The molecule has 5 heterocycles. The Bertz CT molecular complexity index is 1730. The van der Waals surface area contributed by atoms with Crippen molar-refractivity contribution in [2.45, 2.75) is 64.0 Å². The number of piperidine rings is 1. The van der Waals surface area contributed by atoms with Crippen molar-refractivity contribution in [3.8, 4) is 23.1 Å². The van der Waals surface area contributed by atoms with Gasteiger partial charge < -0.3 is 28.3 Å². The Morgan fingerprint density at radius 1 is 1.16 bits per heavy atom. The second-order valence-corrected chi connectivity index (χ2v) is 12.1. The van der Waals surface area contributed by atoms with Crippen molar-refractivity contribution in [2.24, 2.45) is 0 Å². The van der Waals surface area contributed by atoms with Crippen molar-refractivity contribution < 1.29 is 32.9 Å². The lowest BCUT2D eigenvalue weighted by Gasteiger charge is -2.33. The molecule has 0 aliphatic carbocycles. The van der Waals surface area contributed by atoms with Gasteiger partial charge in [0.05, 0.1) is 30.5 Å². The van der Waals surface area contributed by atoms with Gasteiger partial charge in [0.2, 0.25) is 5.89 Å². The molecular formula is C32H32ClFN4O6. The number of rotatable bonds is 8. The Balaban J connectivity index is 1.08. The molecule has 3 aliphatic rings. The number of aromatic carboxylic acids is 1. The minimum atomic E-state index is -1.29. The highest BCUT2D eigenvalue weighted by Crippen LogP contribution is 2.50. The Morgan fingerprint density at radius 3 is 2.64 bits per heavy atom. The van der Waals surface area contributed by atoms with Gasteiger partial charge in [-0.05, 0) is 69.5 Å². The largest absolute Gasteiger partial charge is 0.476 e. The predicted octanol–water partition coefficient (Wildman–Crippen LogP) is 6.15. The summed E-state index contributed by atoms with van der Waals surface area (Å²) in [5, 5.41) is 9.66. The number of hydrogen-bond donors (Lipinski definition) is 1. The number of oxazole rings is 1. The quantitative estimate of drug-likeness (QED) is 0.247. The maximum atomic E-state index is 14.8. The van der Waals surface area contributed by atoms with Crippen LogP contribution in [0, 0.1) is 12.7 Å². The monoisotopic (exact) mass is 622 g/mol. The number of para-hydroxylation sites is 1. The third-order valence-electron chi connectivity index (χ3n) is 8.75. The van der Waals surface area contributed by atoms with Crippen LogP contribution in [0.3, 0.4) is 0 Å². The van der Waals surface area contributed by atoms with Gasteiger partial charge in [0.15, 0.2) is 17.2 Å². The summed E-state index contributed by atoms with van der Waals surface area (Å²) in [4.78, 5) is 22.9. The van der Waals surface area contributed by atoms with Crippen molar-refractivity contribution in [3.63, 3.8) is 0 Å². The fraction of sp³-hybridized carbons (Fsp3) is 0.406. The first-order valence-corrected chi connectivity index (χ1v) is 15.1. The summed E-state index contributed by atoms with van der Waals surface area (Å²) in [6.45, 7) is 7.21. The van der Waals surface area contributed by atoms with Gasteiger partial charge in [-0.2, -0.15) is 0 Å². The molecule has 0 amide bonds. The van der Waals surface area contributed by atoms with Crippen LogP contribution in [-0.2, 0) is 23.6 Å². The molecular weight excluding hydrogens is 591 g/mol. The highest BCUT2D eigenvalue weighted by molar-refractivity contribution is 6.30. The molecule has 2 atom stereocenters. The van der Waals surface area contributed by atoms with Crippen molar-refractivity contribution in [1.29, 1.82) is 0 Å². The number of carboxylic acid groups (broad SMARTS) is 1. The molecule has 0 radical (unpaired) electrons. The third kappa shape index (κ3) is 5.22. The van der Waals surface area contributed by atoms with Crippen molar-refractivity contribution in [2.75, 3.05) is 19.7 Å². The molecule has 10 nitrogen and oxygen atoms in total. The van der Waals surface area contributed by atoms with E-state index in [-0.39, 0.29) is 23.6 Å². The molecule has 2 saturated heterocycles. The van der Waals surface area contributed by atoms with E-state index in [0.29, 0.717) is 40.9 Å². The molecule has 44 heavy (non-hydrogen) atoms. The number of nitrogens with zero attached hydrogens (tertiary/aromatic N) is 4. The molecule has 7 rings (SSSR count). The third-order valence-corrected chi connectivity index (χ3v) is 8.99. The van der Waals surface area contributed by atoms with Crippen LogP contribution < -0.4 is 9.47 Å². The molecule has 230 valence electrons. The van der Waals surface area contributed by atoms with Gasteiger partial charge in [-0.15, -0.1) is 0 Å². The van der Waals surface area contributed by atoms with Crippen LogP contribution >= 0.6 is 11.6 Å². The standard InChI is InChI=1S/C32H32ClFN4O6/c1-18-28(30-36-25(17-42-30)31(39)40)38(15-21-10-13-41-21)27(35-18)16-37-11-8-19(9-12-37)22-4-3-5-26-29(22)44-32(2,43-26)23-7-6-20(33)14-24(23)34/h3-7,14,17,19,21H,8-13,15-16H2,1-2H3,(H,39,40)/t21-,32-/m0/s1.